The van der Waals surface area contributed by atoms with E-state index < -0.39 is 0 Å². The molecule has 1 unspecified atom stereocenters. The normalized spacial score (nSPS) is 19.0. The van der Waals surface area contributed by atoms with Crippen molar-refractivity contribution < 1.29 is 9.59 Å². The molecule has 0 aliphatic carbocycles. The van der Waals surface area contributed by atoms with Crippen molar-refractivity contribution in [2.45, 2.75) is 25.8 Å². The third-order valence-electron chi connectivity index (χ3n) is 3.09. The van der Waals surface area contributed by atoms with Gasteiger partial charge in [-0.25, -0.2) is 0 Å². The molecule has 0 bridgehead atoms. The van der Waals surface area contributed by atoms with E-state index in [1.54, 1.807) is 19.0 Å². The number of nitrogens with one attached hydrogen (secondary N) is 1. The predicted molar refractivity (Wildman–Crippen MR) is 79.3 cm³/mol. The van der Waals surface area contributed by atoms with Crippen LogP contribution in [0.15, 0.2) is 0 Å². The highest BCUT2D eigenvalue weighted by atomic mass is 32.2. The van der Waals surface area contributed by atoms with Gasteiger partial charge in [0.25, 0.3) is 0 Å². The summed E-state index contributed by atoms with van der Waals surface area (Å²) in [6.45, 7) is 3.83. The van der Waals surface area contributed by atoms with Crippen LogP contribution >= 0.6 is 11.8 Å². The van der Waals surface area contributed by atoms with Crippen LogP contribution in [0.3, 0.4) is 0 Å². The van der Waals surface area contributed by atoms with Crippen molar-refractivity contribution in [2.75, 3.05) is 45.2 Å². The van der Waals surface area contributed by atoms with Crippen LogP contribution in [0, 0.1) is 0 Å². The maximum atomic E-state index is 12.3. The van der Waals surface area contributed by atoms with Crippen LogP contribution < -0.4 is 5.32 Å². The fourth-order valence-electron chi connectivity index (χ4n) is 1.96. The van der Waals surface area contributed by atoms with E-state index in [0.29, 0.717) is 13.0 Å². The molecular weight excluding hydrogens is 262 g/mol. The Hall–Kier alpha value is -0.750. The summed E-state index contributed by atoms with van der Waals surface area (Å²) in [5, 5.41) is 3.36. The van der Waals surface area contributed by atoms with Gasteiger partial charge in [-0.1, -0.05) is 6.92 Å². The van der Waals surface area contributed by atoms with Gasteiger partial charge in [0, 0.05) is 51.2 Å². The van der Waals surface area contributed by atoms with Gasteiger partial charge in [-0.2, -0.15) is 11.8 Å². The molecule has 1 saturated heterocycles. The van der Waals surface area contributed by atoms with E-state index in [-0.39, 0.29) is 24.4 Å². The molecule has 0 aromatic carbocycles. The molecule has 0 saturated carbocycles. The molecule has 0 radical (unpaired) electrons. The van der Waals surface area contributed by atoms with E-state index in [1.807, 2.05) is 18.7 Å². The minimum Gasteiger partial charge on any atom is -0.347 e. The first-order valence-electron chi connectivity index (χ1n) is 6.83. The third kappa shape index (κ3) is 5.82. The molecule has 1 heterocycles. The van der Waals surface area contributed by atoms with E-state index in [1.165, 1.54) is 4.90 Å². The first-order chi connectivity index (χ1) is 9.04. The fraction of sp³-hybridized carbons (Fsp3) is 0.846. The molecule has 2 amide bonds. The van der Waals surface area contributed by atoms with Gasteiger partial charge < -0.3 is 15.1 Å². The van der Waals surface area contributed by atoms with Crippen LogP contribution in [-0.4, -0.2) is 72.9 Å². The van der Waals surface area contributed by atoms with E-state index in [9.17, 15) is 9.59 Å². The number of carbonyl (C=O) groups is 2. The molecule has 1 aliphatic heterocycles. The SMILES string of the molecule is CCCN(CC(=O)N(C)C)C(=O)CC1CSCCN1. The zero-order valence-electron chi connectivity index (χ0n) is 12.1. The van der Waals surface area contributed by atoms with Crippen molar-refractivity contribution >= 4 is 23.6 Å². The van der Waals surface area contributed by atoms with Crippen LogP contribution in [-0.2, 0) is 9.59 Å². The summed E-state index contributed by atoms with van der Waals surface area (Å²) >= 11 is 1.88. The number of hydrogen-bond acceptors (Lipinski definition) is 4. The number of amides is 2. The maximum Gasteiger partial charge on any atom is 0.241 e. The summed E-state index contributed by atoms with van der Waals surface area (Å²) < 4.78 is 0. The van der Waals surface area contributed by atoms with E-state index in [2.05, 4.69) is 5.32 Å². The van der Waals surface area contributed by atoms with Crippen molar-refractivity contribution in [3.63, 3.8) is 0 Å². The molecule has 1 rings (SSSR count). The number of likely N-dealkylation sites (N-methyl/N-ethyl adjacent to an activating group) is 1. The van der Waals surface area contributed by atoms with Gasteiger partial charge in [-0.05, 0) is 6.42 Å². The maximum absolute atomic E-state index is 12.3. The van der Waals surface area contributed by atoms with Gasteiger partial charge in [0.05, 0.1) is 6.54 Å². The molecule has 19 heavy (non-hydrogen) atoms. The van der Waals surface area contributed by atoms with E-state index in [4.69, 9.17) is 0 Å². The molecule has 5 nitrogen and oxygen atoms in total. The Labute approximate surface area is 120 Å². The molecule has 6 heteroatoms. The lowest BCUT2D eigenvalue weighted by Gasteiger charge is -2.27. The second kappa shape index (κ2) is 8.43. The Morgan fingerprint density at radius 1 is 1.32 bits per heavy atom. The summed E-state index contributed by atoms with van der Waals surface area (Å²) in [4.78, 5) is 27.2. The third-order valence-corrected chi connectivity index (χ3v) is 4.22. The van der Waals surface area contributed by atoms with Crippen LogP contribution in [0.5, 0.6) is 0 Å². The molecule has 0 spiro atoms. The Morgan fingerprint density at radius 2 is 2.05 bits per heavy atom. The highest BCUT2D eigenvalue weighted by molar-refractivity contribution is 7.99. The van der Waals surface area contributed by atoms with Crippen LogP contribution in [0.2, 0.25) is 0 Å². The van der Waals surface area contributed by atoms with Gasteiger partial charge in [0.1, 0.15) is 0 Å². The Bertz CT molecular complexity index is 304. The highest BCUT2D eigenvalue weighted by Gasteiger charge is 2.22. The van der Waals surface area contributed by atoms with Gasteiger partial charge >= 0.3 is 0 Å². The van der Waals surface area contributed by atoms with Crippen LogP contribution in [0.1, 0.15) is 19.8 Å². The lowest BCUT2D eigenvalue weighted by atomic mass is 10.2. The minimum absolute atomic E-state index is 0.0206. The average molecular weight is 287 g/mol. The van der Waals surface area contributed by atoms with Crippen molar-refractivity contribution in [1.29, 1.82) is 0 Å². The zero-order chi connectivity index (χ0) is 14.3. The predicted octanol–water partition coefficient (Wildman–Crippen LogP) is 0.408. The van der Waals surface area contributed by atoms with Crippen molar-refractivity contribution in [1.82, 2.24) is 15.1 Å². The highest BCUT2D eigenvalue weighted by Crippen LogP contribution is 2.11. The molecule has 1 atom stereocenters. The van der Waals surface area contributed by atoms with Crippen molar-refractivity contribution in [2.24, 2.45) is 0 Å². The summed E-state index contributed by atoms with van der Waals surface area (Å²) in [6, 6.07) is 0.250. The molecule has 1 N–H and O–H groups in total. The monoisotopic (exact) mass is 287 g/mol. The van der Waals surface area contributed by atoms with Gasteiger partial charge in [0.2, 0.25) is 11.8 Å². The number of rotatable bonds is 6. The first-order valence-corrected chi connectivity index (χ1v) is 7.99. The largest absolute Gasteiger partial charge is 0.347 e. The second-order valence-corrected chi connectivity index (χ2v) is 6.18. The standard InChI is InChI=1S/C13H25N3O2S/c1-4-6-16(9-13(18)15(2)3)12(17)8-11-10-19-7-5-14-11/h11,14H,4-10H2,1-3H3. The van der Waals surface area contributed by atoms with Gasteiger partial charge in [0.15, 0.2) is 0 Å². The number of hydrogen-bond donors (Lipinski definition) is 1. The average Bonchev–Trinajstić information content (AvgIpc) is 2.39. The quantitative estimate of drug-likeness (QED) is 0.769. The topological polar surface area (TPSA) is 52.7 Å². The molecule has 1 aliphatic rings. The van der Waals surface area contributed by atoms with Gasteiger partial charge in [-0.3, -0.25) is 9.59 Å². The van der Waals surface area contributed by atoms with Crippen LogP contribution in [0.4, 0.5) is 0 Å². The smallest absolute Gasteiger partial charge is 0.241 e. The number of carbonyl (C=O) groups excluding carboxylic acids is 2. The van der Waals surface area contributed by atoms with Crippen molar-refractivity contribution in [3.8, 4) is 0 Å². The summed E-state index contributed by atoms with van der Waals surface area (Å²) in [5.41, 5.74) is 0. The lowest BCUT2D eigenvalue weighted by molar-refractivity contribution is -0.139. The molecule has 110 valence electrons. The Morgan fingerprint density at radius 3 is 2.58 bits per heavy atom. The van der Waals surface area contributed by atoms with Crippen molar-refractivity contribution in [3.05, 3.63) is 0 Å². The molecular formula is C13H25N3O2S. The second-order valence-electron chi connectivity index (χ2n) is 5.03. The van der Waals surface area contributed by atoms with E-state index >= 15 is 0 Å². The van der Waals surface area contributed by atoms with Crippen LogP contribution in [0.25, 0.3) is 0 Å². The summed E-state index contributed by atoms with van der Waals surface area (Å²) in [7, 11) is 3.44. The lowest BCUT2D eigenvalue weighted by Crippen LogP contribution is -2.45. The molecule has 0 aromatic rings. The minimum atomic E-state index is -0.0206. The summed E-state index contributed by atoms with van der Waals surface area (Å²) in [5.74, 6) is 2.15. The summed E-state index contributed by atoms with van der Waals surface area (Å²) in [6.07, 6.45) is 1.37. The Balaban J connectivity index is 2.49. The van der Waals surface area contributed by atoms with Gasteiger partial charge in [-0.15, -0.1) is 0 Å². The molecule has 1 fully saturated rings. The number of thioether (sulfide) groups is 1. The van der Waals surface area contributed by atoms with E-state index in [0.717, 1.165) is 24.5 Å². The fourth-order valence-corrected chi connectivity index (χ4v) is 2.91. The Kier molecular flexibility index (Phi) is 7.23. The first kappa shape index (κ1) is 16.3. The molecule has 0 aromatic heterocycles. The number of nitrogens with zero attached hydrogens (tertiary/aromatic N) is 2. The zero-order valence-corrected chi connectivity index (χ0v) is 13.0.